The summed E-state index contributed by atoms with van der Waals surface area (Å²) in [5.41, 5.74) is 1.57. The van der Waals surface area contributed by atoms with Crippen LogP contribution >= 0.6 is 0 Å². The van der Waals surface area contributed by atoms with Crippen LogP contribution in [-0.2, 0) is 11.3 Å². The molecule has 0 aliphatic heterocycles. The number of allylic oxidation sites excluding steroid dienone is 1. The fourth-order valence-electron chi connectivity index (χ4n) is 4.87. The molecule has 0 fully saturated rings. The number of halogens is 3. The van der Waals surface area contributed by atoms with Crippen LogP contribution in [-0.4, -0.2) is 34.8 Å². The van der Waals surface area contributed by atoms with E-state index < -0.39 is 18.2 Å². The number of nitrogens with zero attached hydrogens (tertiary/aromatic N) is 2. The zero-order chi connectivity index (χ0) is 33.0. The van der Waals surface area contributed by atoms with Crippen molar-refractivity contribution in [1.29, 1.82) is 0 Å². The van der Waals surface area contributed by atoms with E-state index in [-0.39, 0.29) is 18.6 Å². The molecule has 2 aromatic carbocycles. The van der Waals surface area contributed by atoms with Gasteiger partial charge in [0, 0.05) is 5.56 Å². The van der Waals surface area contributed by atoms with Crippen LogP contribution in [0.15, 0.2) is 73.6 Å². The van der Waals surface area contributed by atoms with Gasteiger partial charge in [-0.05, 0) is 67.6 Å². The van der Waals surface area contributed by atoms with Crippen molar-refractivity contribution < 1.29 is 32.2 Å². The summed E-state index contributed by atoms with van der Waals surface area (Å²) >= 11 is 0. The number of esters is 1. The topological polar surface area (TPSA) is 70.5 Å². The van der Waals surface area contributed by atoms with E-state index in [1.807, 2.05) is 13.0 Å². The number of carbonyl (C=O) groups excluding carboxylic acids is 1. The van der Waals surface area contributed by atoms with Crippen LogP contribution in [0.3, 0.4) is 0 Å². The third-order valence-electron chi connectivity index (χ3n) is 7.60. The molecule has 0 aliphatic rings. The molecule has 0 amide bonds. The Morgan fingerprint density at radius 3 is 2.09 bits per heavy atom. The molecule has 0 N–H and O–H groups in total. The summed E-state index contributed by atoms with van der Waals surface area (Å²) in [4.78, 5) is 21.4. The van der Waals surface area contributed by atoms with Crippen LogP contribution in [0, 0.1) is 0 Å². The molecule has 250 valence electrons. The molecule has 9 heteroatoms. The highest BCUT2D eigenvalue weighted by Crippen LogP contribution is 2.28. The molecule has 0 aliphatic carbocycles. The molecular weight excluding hydrogens is 593 g/mol. The first-order valence-corrected chi connectivity index (χ1v) is 16.5. The fraction of sp³-hybridized carbons (Fsp3) is 0.486. The van der Waals surface area contributed by atoms with E-state index >= 15 is 0 Å². The maximum Gasteiger partial charge on any atom is 0.414 e. The number of unbranched alkanes of at least 4 members (excludes halogenated alkanes) is 10. The van der Waals surface area contributed by atoms with Crippen molar-refractivity contribution in [1.82, 2.24) is 9.97 Å². The molecule has 3 aromatic rings. The maximum atomic E-state index is 13.4. The van der Waals surface area contributed by atoms with Gasteiger partial charge in [-0.25, -0.2) is 14.8 Å². The lowest BCUT2D eigenvalue weighted by molar-refractivity contribution is -0.225. The van der Waals surface area contributed by atoms with Crippen LogP contribution in [0.25, 0.3) is 11.4 Å². The highest BCUT2D eigenvalue weighted by Gasteiger charge is 2.40. The minimum Gasteiger partial charge on any atom is -0.490 e. The van der Waals surface area contributed by atoms with Gasteiger partial charge < -0.3 is 14.2 Å². The van der Waals surface area contributed by atoms with Crippen molar-refractivity contribution in [3.8, 4) is 22.9 Å². The van der Waals surface area contributed by atoms with E-state index in [4.69, 9.17) is 14.2 Å². The Hall–Kier alpha value is -3.72. The predicted molar refractivity (Wildman–Crippen MR) is 175 cm³/mol. The quantitative estimate of drug-likeness (QED) is 0.0471. The van der Waals surface area contributed by atoms with Gasteiger partial charge in [0.05, 0.1) is 31.2 Å². The molecule has 1 heterocycles. The summed E-state index contributed by atoms with van der Waals surface area (Å²) in [5, 5.41) is 0. The van der Waals surface area contributed by atoms with Crippen LogP contribution in [0.1, 0.15) is 106 Å². The van der Waals surface area contributed by atoms with Crippen molar-refractivity contribution in [2.24, 2.45) is 0 Å². The van der Waals surface area contributed by atoms with Gasteiger partial charge in [0.1, 0.15) is 5.75 Å². The minimum atomic E-state index is -4.42. The number of aromatic nitrogens is 2. The molecule has 6 nitrogen and oxygen atoms in total. The van der Waals surface area contributed by atoms with Gasteiger partial charge in [-0.1, -0.05) is 82.9 Å². The van der Waals surface area contributed by atoms with E-state index in [0.717, 1.165) is 44.1 Å². The highest BCUT2D eigenvalue weighted by atomic mass is 19.4. The summed E-state index contributed by atoms with van der Waals surface area (Å²) in [5.74, 6) is 0.909. The lowest BCUT2D eigenvalue weighted by atomic mass is 10.1. The zero-order valence-corrected chi connectivity index (χ0v) is 26.9. The molecule has 0 spiro atoms. The molecule has 0 saturated carbocycles. The van der Waals surface area contributed by atoms with Crippen molar-refractivity contribution in [3.63, 3.8) is 0 Å². The molecule has 3 rings (SSSR count). The average molecular weight is 641 g/mol. The average Bonchev–Trinajstić information content (AvgIpc) is 3.05. The summed E-state index contributed by atoms with van der Waals surface area (Å²) in [7, 11) is 0. The van der Waals surface area contributed by atoms with E-state index in [9.17, 15) is 18.0 Å². The number of rotatable bonds is 22. The highest BCUT2D eigenvalue weighted by molar-refractivity contribution is 5.91. The standard InChI is InChI=1S/C37H47F3N2O4/c1-3-5-7-9-10-11-12-13-15-25-44-33-26-41-35(42-27-33)30-21-23-32(24-22-30)46-36(43)31-19-17-29(18-20-31)28-45-34(37(38,39)40)16-14-8-6-4-2/h3,17-24,26-27,34H,1,4-16,25,28H2,2H3. The van der Waals surface area contributed by atoms with Crippen molar-refractivity contribution >= 4 is 5.97 Å². The lowest BCUT2D eigenvalue weighted by Gasteiger charge is -2.21. The normalized spacial score (nSPS) is 12.1. The SMILES string of the molecule is C=CCCCCCCCCCOc1cnc(-c2ccc(OC(=O)c3ccc(COC(CCCCCC)C(F)(F)F)cc3)cc2)nc1. The van der Waals surface area contributed by atoms with Gasteiger partial charge in [-0.3, -0.25) is 0 Å². The fourth-order valence-corrected chi connectivity index (χ4v) is 4.87. The molecule has 0 radical (unpaired) electrons. The van der Waals surface area contributed by atoms with Crippen molar-refractivity contribution in [3.05, 3.63) is 84.7 Å². The second-order valence-corrected chi connectivity index (χ2v) is 11.4. The van der Waals surface area contributed by atoms with Crippen LogP contribution in [0.4, 0.5) is 13.2 Å². The van der Waals surface area contributed by atoms with E-state index in [1.165, 1.54) is 44.2 Å². The Bertz CT molecular complexity index is 1280. The zero-order valence-electron chi connectivity index (χ0n) is 26.9. The smallest absolute Gasteiger partial charge is 0.414 e. The molecule has 0 bridgehead atoms. The second-order valence-electron chi connectivity index (χ2n) is 11.4. The first kappa shape index (κ1) is 36.7. The largest absolute Gasteiger partial charge is 0.490 e. The maximum absolute atomic E-state index is 13.4. The van der Waals surface area contributed by atoms with Gasteiger partial charge in [0.25, 0.3) is 0 Å². The van der Waals surface area contributed by atoms with Gasteiger partial charge in [0.2, 0.25) is 0 Å². The first-order chi connectivity index (χ1) is 22.3. The van der Waals surface area contributed by atoms with Gasteiger partial charge in [-0.15, -0.1) is 6.58 Å². The third kappa shape index (κ3) is 13.7. The Labute approximate surface area is 271 Å². The van der Waals surface area contributed by atoms with Crippen LogP contribution < -0.4 is 9.47 Å². The second kappa shape index (κ2) is 20.4. The van der Waals surface area contributed by atoms with Gasteiger partial charge in [0.15, 0.2) is 17.7 Å². The van der Waals surface area contributed by atoms with Crippen LogP contribution in [0.2, 0.25) is 0 Å². The van der Waals surface area contributed by atoms with Gasteiger partial charge in [-0.2, -0.15) is 13.2 Å². The van der Waals surface area contributed by atoms with Crippen molar-refractivity contribution in [2.45, 2.75) is 109 Å². The Balaban J connectivity index is 1.40. The lowest BCUT2D eigenvalue weighted by Crippen LogP contribution is -2.31. The van der Waals surface area contributed by atoms with E-state index in [1.54, 1.807) is 48.8 Å². The molecule has 1 aromatic heterocycles. The number of carbonyl (C=O) groups is 1. The number of hydrogen-bond acceptors (Lipinski definition) is 6. The monoisotopic (exact) mass is 640 g/mol. The summed E-state index contributed by atoms with van der Waals surface area (Å²) in [6.07, 6.45) is 11.6. The predicted octanol–water partition coefficient (Wildman–Crippen LogP) is 10.5. The Morgan fingerprint density at radius 1 is 0.826 bits per heavy atom. The van der Waals surface area contributed by atoms with Gasteiger partial charge >= 0.3 is 12.1 Å². The van der Waals surface area contributed by atoms with E-state index in [2.05, 4.69) is 16.5 Å². The number of hydrogen-bond donors (Lipinski definition) is 0. The molecule has 0 saturated heterocycles. The first-order valence-electron chi connectivity index (χ1n) is 16.5. The third-order valence-corrected chi connectivity index (χ3v) is 7.60. The summed E-state index contributed by atoms with van der Waals surface area (Å²) in [6.45, 7) is 6.20. The molecule has 1 atom stereocenters. The van der Waals surface area contributed by atoms with E-state index in [0.29, 0.717) is 35.9 Å². The Kier molecular flexibility index (Phi) is 16.3. The molecule has 1 unspecified atom stereocenters. The molecule has 46 heavy (non-hydrogen) atoms. The minimum absolute atomic E-state index is 0.0593. The molecular formula is C37H47F3N2O4. The summed E-state index contributed by atoms with van der Waals surface area (Å²) < 4.78 is 56.5. The number of benzene rings is 2. The number of alkyl halides is 3. The van der Waals surface area contributed by atoms with Crippen molar-refractivity contribution in [2.75, 3.05) is 6.61 Å². The summed E-state index contributed by atoms with van der Waals surface area (Å²) in [6, 6.07) is 13.0. The Morgan fingerprint density at radius 2 is 1.46 bits per heavy atom. The van der Waals surface area contributed by atoms with Crippen LogP contribution in [0.5, 0.6) is 11.5 Å². The number of ether oxygens (including phenoxy) is 3.